The molecule has 0 spiro atoms. The number of unbranched alkanes of at least 4 members (excludes halogenated alkanes) is 1. The van der Waals surface area contributed by atoms with Crippen LogP contribution in [0.4, 0.5) is 0 Å². The molecule has 2 N–H and O–H groups in total. The number of rotatable bonds is 5. The lowest BCUT2D eigenvalue weighted by molar-refractivity contribution is -0.146. The molecule has 1 aliphatic rings. The second-order valence-corrected chi connectivity index (χ2v) is 4.13. The lowest BCUT2D eigenvalue weighted by Gasteiger charge is -2.15. The summed E-state index contributed by atoms with van der Waals surface area (Å²) in [6, 6.07) is 0. The van der Waals surface area contributed by atoms with E-state index in [1.54, 1.807) is 0 Å². The van der Waals surface area contributed by atoms with Crippen molar-refractivity contribution >= 4 is 11.9 Å². The third-order valence-electron chi connectivity index (χ3n) is 3.00. The van der Waals surface area contributed by atoms with E-state index in [-0.39, 0.29) is 11.8 Å². The SMILES string of the molecule is CCCCNC(=O)[C@@H]1CCC[C@@H]1C(=O)O. The maximum Gasteiger partial charge on any atom is 0.307 e. The smallest absolute Gasteiger partial charge is 0.307 e. The molecule has 0 aromatic heterocycles. The van der Waals surface area contributed by atoms with Gasteiger partial charge in [-0.15, -0.1) is 0 Å². The molecule has 86 valence electrons. The molecule has 0 unspecified atom stereocenters. The van der Waals surface area contributed by atoms with Gasteiger partial charge in [0.2, 0.25) is 5.91 Å². The van der Waals surface area contributed by atoms with Gasteiger partial charge in [0.25, 0.3) is 0 Å². The molecule has 4 heteroatoms. The number of amides is 1. The molecular formula is C11H19NO3. The molecule has 1 aliphatic carbocycles. The van der Waals surface area contributed by atoms with Gasteiger partial charge in [-0.1, -0.05) is 19.8 Å². The van der Waals surface area contributed by atoms with Gasteiger partial charge in [0.1, 0.15) is 0 Å². The highest BCUT2D eigenvalue weighted by molar-refractivity contribution is 5.85. The van der Waals surface area contributed by atoms with Gasteiger partial charge in [0, 0.05) is 6.54 Å². The van der Waals surface area contributed by atoms with Crippen LogP contribution in [0.1, 0.15) is 39.0 Å². The summed E-state index contributed by atoms with van der Waals surface area (Å²) in [6.45, 7) is 2.72. The van der Waals surface area contributed by atoms with Crippen LogP contribution in [-0.4, -0.2) is 23.5 Å². The standard InChI is InChI=1S/C11H19NO3/c1-2-3-7-12-10(13)8-5-4-6-9(8)11(14)15/h8-9H,2-7H2,1H3,(H,12,13)(H,14,15)/t8-,9+/m1/s1. The summed E-state index contributed by atoms with van der Waals surface area (Å²) in [6.07, 6.45) is 4.20. The molecule has 4 nitrogen and oxygen atoms in total. The average Bonchev–Trinajstić information content (AvgIpc) is 2.66. The Morgan fingerprint density at radius 1 is 1.33 bits per heavy atom. The summed E-state index contributed by atoms with van der Waals surface area (Å²) in [5, 5.41) is 11.7. The van der Waals surface area contributed by atoms with Gasteiger partial charge in [-0.3, -0.25) is 9.59 Å². The van der Waals surface area contributed by atoms with E-state index in [9.17, 15) is 9.59 Å². The zero-order valence-electron chi connectivity index (χ0n) is 9.16. The van der Waals surface area contributed by atoms with E-state index in [4.69, 9.17) is 5.11 Å². The van der Waals surface area contributed by atoms with Crippen LogP contribution in [-0.2, 0) is 9.59 Å². The molecule has 0 saturated heterocycles. The quantitative estimate of drug-likeness (QED) is 0.678. The van der Waals surface area contributed by atoms with Crippen molar-refractivity contribution in [3.8, 4) is 0 Å². The molecule has 0 aromatic carbocycles. The highest BCUT2D eigenvalue weighted by atomic mass is 16.4. The van der Waals surface area contributed by atoms with Gasteiger partial charge in [0.05, 0.1) is 11.8 Å². The van der Waals surface area contributed by atoms with E-state index < -0.39 is 11.9 Å². The highest BCUT2D eigenvalue weighted by Crippen LogP contribution is 2.31. The summed E-state index contributed by atoms with van der Waals surface area (Å²) >= 11 is 0. The van der Waals surface area contributed by atoms with E-state index in [2.05, 4.69) is 12.2 Å². The van der Waals surface area contributed by atoms with Crippen molar-refractivity contribution in [2.45, 2.75) is 39.0 Å². The third-order valence-corrected chi connectivity index (χ3v) is 3.00. The Bertz CT molecular complexity index is 240. The minimum Gasteiger partial charge on any atom is -0.481 e. The van der Waals surface area contributed by atoms with E-state index in [0.29, 0.717) is 13.0 Å². The number of aliphatic carboxylic acids is 1. The van der Waals surface area contributed by atoms with Crippen molar-refractivity contribution in [1.82, 2.24) is 5.32 Å². The molecular weight excluding hydrogens is 194 g/mol. The largest absolute Gasteiger partial charge is 0.481 e. The van der Waals surface area contributed by atoms with Crippen LogP contribution in [0.25, 0.3) is 0 Å². The van der Waals surface area contributed by atoms with Crippen LogP contribution in [0.3, 0.4) is 0 Å². The van der Waals surface area contributed by atoms with Crippen LogP contribution >= 0.6 is 0 Å². The molecule has 1 amide bonds. The highest BCUT2D eigenvalue weighted by Gasteiger charge is 2.37. The minimum absolute atomic E-state index is 0.0756. The molecule has 1 rings (SSSR count). The lowest BCUT2D eigenvalue weighted by atomic mass is 9.95. The molecule has 0 heterocycles. The van der Waals surface area contributed by atoms with E-state index in [1.807, 2.05) is 0 Å². The molecule has 0 aliphatic heterocycles. The fraction of sp³-hybridized carbons (Fsp3) is 0.818. The van der Waals surface area contributed by atoms with Crippen molar-refractivity contribution in [3.63, 3.8) is 0 Å². The van der Waals surface area contributed by atoms with Crippen molar-refractivity contribution < 1.29 is 14.7 Å². The third kappa shape index (κ3) is 3.22. The second kappa shape index (κ2) is 5.73. The molecule has 2 atom stereocenters. The minimum atomic E-state index is -0.830. The summed E-state index contributed by atoms with van der Waals surface area (Å²) in [5.41, 5.74) is 0. The van der Waals surface area contributed by atoms with Crippen LogP contribution in [0, 0.1) is 11.8 Å². The Kier molecular flexibility index (Phi) is 4.59. The maximum absolute atomic E-state index is 11.7. The number of hydrogen-bond acceptors (Lipinski definition) is 2. The number of carboxylic acids is 1. The second-order valence-electron chi connectivity index (χ2n) is 4.13. The van der Waals surface area contributed by atoms with Crippen molar-refractivity contribution in [2.24, 2.45) is 11.8 Å². The van der Waals surface area contributed by atoms with Crippen LogP contribution in [0.5, 0.6) is 0 Å². The van der Waals surface area contributed by atoms with Crippen molar-refractivity contribution in [1.29, 1.82) is 0 Å². The molecule has 15 heavy (non-hydrogen) atoms. The van der Waals surface area contributed by atoms with Crippen LogP contribution in [0.15, 0.2) is 0 Å². The molecule has 0 bridgehead atoms. The first kappa shape index (κ1) is 12.0. The zero-order valence-corrected chi connectivity index (χ0v) is 9.16. The fourth-order valence-electron chi connectivity index (χ4n) is 2.09. The lowest BCUT2D eigenvalue weighted by Crippen LogP contribution is -2.35. The first-order valence-corrected chi connectivity index (χ1v) is 5.67. The van der Waals surface area contributed by atoms with Gasteiger partial charge in [-0.05, 0) is 19.3 Å². The predicted octanol–water partition coefficient (Wildman–Crippen LogP) is 1.40. The first-order valence-electron chi connectivity index (χ1n) is 5.67. The van der Waals surface area contributed by atoms with Gasteiger partial charge in [-0.25, -0.2) is 0 Å². The van der Waals surface area contributed by atoms with Crippen molar-refractivity contribution in [3.05, 3.63) is 0 Å². The number of carbonyl (C=O) groups excluding carboxylic acids is 1. The topological polar surface area (TPSA) is 66.4 Å². The Balaban J connectivity index is 2.40. The first-order chi connectivity index (χ1) is 7.16. The zero-order chi connectivity index (χ0) is 11.3. The van der Waals surface area contributed by atoms with Gasteiger partial charge in [0.15, 0.2) is 0 Å². The Hall–Kier alpha value is -1.06. The number of hydrogen-bond donors (Lipinski definition) is 2. The monoisotopic (exact) mass is 213 g/mol. The predicted molar refractivity (Wildman–Crippen MR) is 56.4 cm³/mol. The van der Waals surface area contributed by atoms with Gasteiger partial charge >= 0.3 is 5.97 Å². The van der Waals surface area contributed by atoms with Crippen LogP contribution in [0.2, 0.25) is 0 Å². The Morgan fingerprint density at radius 3 is 2.60 bits per heavy atom. The van der Waals surface area contributed by atoms with Crippen LogP contribution < -0.4 is 5.32 Å². The van der Waals surface area contributed by atoms with Gasteiger partial charge < -0.3 is 10.4 Å². The summed E-state index contributed by atoms with van der Waals surface area (Å²) in [4.78, 5) is 22.5. The Morgan fingerprint density at radius 2 is 2.00 bits per heavy atom. The average molecular weight is 213 g/mol. The normalized spacial score (nSPS) is 25.1. The summed E-state index contributed by atoms with van der Waals surface area (Å²) < 4.78 is 0. The number of carboxylic acid groups (broad SMARTS) is 1. The molecule has 1 saturated carbocycles. The Labute approximate surface area is 90.0 Å². The van der Waals surface area contributed by atoms with Gasteiger partial charge in [-0.2, -0.15) is 0 Å². The molecule has 0 aromatic rings. The maximum atomic E-state index is 11.7. The fourth-order valence-corrected chi connectivity index (χ4v) is 2.09. The summed E-state index contributed by atoms with van der Waals surface area (Å²) in [5.74, 6) is -1.68. The van der Waals surface area contributed by atoms with Crippen molar-refractivity contribution in [2.75, 3.05) is 6.54 Å². The van der Waals surface area contributed by atoms with E-state index in [0.717, 1.165) is 25.7 Å². The number of nitrogens with one attached hydrogen (secondary N) is 1. The van der Waals surface area contributed by atoms with E-state index in [1.165, 1.54) is 0 Å². The number of carbonyl (C=O) groups is 2. The molecule has 0 radical (unpaired) electrons. The van der Waals surface area contributed by atoms with E-state index >= 15 is 0 Å². The summed E-state index contributed by atoms with van der Waals surface area (Å²) in [7, 11) is 0. The molecule has 1 fully saturated rings.